The van der Waals surface area contributed by atoms with E-state index in [9.17, 15) is 9.59 Å². The van der Waals surface area contributed by atoms with Gasteiger partial charge in [-0.05, 0) is 37.0 Å². The molecule has 4 nitrogen and oxygen atoms in total. The van der Waals surface area contributed by atoms with Gasteiger partial charge in [0.15, 0.2) is 0 Å². The van der Waals surface area contributed by atoms with Crippen molar-refractivity contribution in [1.82, 2.24) is 10.6 Å². The van der Waals surface area contributed by atoms with E-state index in [0.29, 0.717) is 6.42 Å². The van der Waals surface area contributed by atoms with Crippen LogP contribution in [0.3, 0.4) is 0 Å². The van der Waals surface area contributed by atoms with E-state index in [1.165, 1.54) is 0 Å². The molecule has 3 atom stereocenters. The smallest absolute Gasteiger partial charge is 0.233 e. The Kier molecular flexibility index (Phi) is 7.39. The Hall–Kier alpha value is -3.40. The van der Waals surface area contributed by atoms with Crippen LogP contribution in [-0.2, 0) is 16.0 Å². The monoisotopic (exact) mass is 400 g/mol. The SMILES string of the molecule is C[C@H](NC(=O)C(Cc1ccccc1)C(=O)N[C@H](C)c1ccccc1)c1ccccc1. The fraction of sp³-hybridized carbons (Fsp3) is 0.231. The van der Waals surface area contributed by atoms with Crippen molar-refractivity contribution in [2.75, 3.05) is 0 Å². The van der Waals surface area contributed by atoms with Gasteiger partial charge >= 0.3 is 0 Å². The van der Waals surface area contributed by atoms with Crippen molar-refractivity contribution >= 4 is 11.8 Å². The number of hydrogen-bond donors (Lipinski definition) is 2. The van der Waals surface area contributed by atoms with E-state index in [0.717, 1.165) is 16.7 Å². The highest BCUT2D eigenvalue weighted by Crippen LogP contribution is 2.17. The lowest BCUT2D eigenvalue weighted by atomic mass is 9.96. The molecule has 3 aromatic carbocycles. The lowest BCUT2D eigenvalue weighted by Crippen LogP contribution is -2.43. The van der Waals surface area contributed by atoms with Gasteiger partial charge in [-0.25, -0.2) is 0 Å². The lowest BCUT2D eigenvalue weighted by molar-refractivity contribution is -0.136. The molecule has 0 bridgehead atoms. The van der Waals surface area contributed by atoms with Gasteiger partial charge in [-0.1, -0.05) is 91.0 Å². The number of amides is 2. The molecule has 154 valence electrons. The first-order chi connectivity index (χ1) is 14.5. The molecule has 0 aliphatic rings. The largest absolute Gasteiger partial charge is 0.349 e. The van der Waals surface area contributed by atoms with Gasteiger partial charge < -0.3 is 10.6 Å². The van der Waals surface area contributed by atoms with Crippen LogP contribution >= 0.6 is 0 Å². The van der Waals surface area contributed by atoms with E-state index in [2.05, 4.69) is 10.6 Å². The van der Waals surface area contributed by atoms with Crippen LogP contribution in [0.2, 0.25) is 0 Å². The van der Waals surface area contributed by atoms with Gasteiger partial charge in [0, 0.05) is 0 Å². The second-order valence-electron chi connectivity index (χ2n) is 7.52. The van der Waals surface area contributed by atoms with E-state index in [1.807, 2.05) is 105 Å². The zero-order valence-corrected chi connectivity index (χ0v) is 17.4. The summed E-state index contributed by atoms with van der Waals surface area (Å²) in [7, 11) is 0. The van der Waals surface area contributed by atoms with E-state index >= 15 is 0 Å². The number of hydrogen-bond acceptors (Lipinski definition) is 2. The number of benzene rings is 3. The standard InChI is InChI=1S/C26H28N2O2/c1-19(22-14-8-4-9-15-22)27-25(29)24(18-21-12-6-3-7-13-21)26(30)28-20(2)23-16-10-5-11-17-23/h3-17,19-20,24H,18H2,1-2H3,(H,27,29)(H,28,30)/t19-,20+,24?. The van der Waals surface area contributed by atoms with Crippen LogP contribution in [0.5, 0.6) is 0 Å². The maximum absolute atomic E-state index is 13.1. The first-order valence-electron chi connectivity index (χ1n) is 10.3. The summed E-state index contributed by atoms with van der Waals surface area (Å²) in [6.07, 6.45) is 0.349. The summed E-state index contributed by atoms with van der Waals surface area (Å²) in [5.74, 6) is -1.36. The predicted octanol–water partition coefficient (Wildman–Crippen LogP) is 4.60. The predicted molar refractivity (Wildman–Crippen MR) is 120 cm³/mol. The summed E-state index contributed by atoms with van der Waals surface area (Å²) in [5.41, 5.74) is 2.96. The Morgan fingerprint density at radius 3 is 1.40 bits per heavy atom. The molecule has 4 heteroatoms. The highest BCUT2D eigenvalue weighted by Gasteiger charge is 2.29. The van der Waals surface area contributed by atoms with Crippen LogP contribution in [0.4, 0.5) is 0 Å². The summed E-state index contributed by atoms with van der Waals surface area (Å²) < 4.78 is 0. The van der Waals surface area contributed by atoms with E-state index in [1.54, 1.807) is 0 Å². The fourth-order valence-corrected chi connectivity index (χ4v) is 3.43. The zero-order valence-electron chi connectivity index (χ0n) is 17.4. The summed E-state index contributed by atoms with van der Waals surface area (Å²) in [6, 6.07) is 28.8. The van der Waals surface area contributed by atoms with Crippen LogP contribution in [0.25, 0.3) is 0 Å². The van der Waals surface area contributed by atoms with Crippen LogP contribution in [0.1, 0.15) is 42.6 Å². The van der Waals surface area contributed by atoms with Crippen molar-refractivity contribution in [2.45, 2.75) is 32.4 Å². The number of rotatable bonds is 8. The number of nitrogens with one attached hydrogen (secondary N) is 2. The van der Waals surface area contributed by atoms with Gasteiger partial charge in [0.2, 0.25) is 11.8 Å². The first kappa shape index (κ1) is 21.3. The molecule has 3 rings (SSSR count). The maximum Gasteiger partial charge on any atom is 0.233 e. The van der Waals surface area contributed by atoms with Gasteiger partial charge in [-0.3, -0.25) is 9.59 Å². The molecule has 0 spiro atoms. The number of carbonyl (C=O) groups is 2. The highest BCUT2D eigenvalue weighted by atomic mass is 16.2. The molecular formula is C26H28N2O2. The Balaban J connectivity index is 1.75. The summed E-state index contributed by atoms with van der Waals surface area (Å²) >= 11 is 0. The molecular weight excluding hydrogens is 372 g/mol. The average Bonchev–Trinajstić information content (AvgIpc) is 2.79. The van der Waals surface area contributed by atoms with Gasteiger partial charge in [0.1, 0.15) is 5.92 Å². The zero-order chi connectivity index (χ0) is 21.3. The summed E-state index contributed by atoms with van der Waals surface area (Å²) in [4.78, 5) is 26.2. The third kappa shape index (κ3) is 5.80. The molecule has 0 saturated heterocycles. The Morgan fingerprint density at radius 2 is 1.00 bits per heavy atom. The number of carbonyl (C=O) groups excluding carboxylic acids is 2. The summed E-state index contributed by atoms with van der Waals surface area (Å²) in [5, 5.41) is 6.02. The molecule has 2 N–H and O–H groups in total. The molecule has 0 heterocycles. The molecule has 30 heavy (non-hydrogen) atoms. The minimum Gasteiger partial charge on any atom is -0.349 e. The average molecular weight is 401 g/mol. The topological polar surface area (TPSA) is 58.2 Å². The van der Waals surface area contributed by atoms with E-state index < -0.39 is 5.92 Å². The second kappa shape index (κ2) is 10.4. The van der Waals surface area contributed by atoms with Crippen LogP contribution in [0.15, 0.2) is 91.0 Å². The lowest BCUT2D eigenvalue weighted by Gasteiger charge is -2.22. The van der Waals surface area contributed by atoms with Crippen molar-refractivity contribution in [3.63, 3.8) is 0 Å². The maximum atomic E-state index is 13.1. The van der Waals surface area contributed by atoms with Crippen molar-refractivity contribution in [2.24, 2.45) is 5.92 Å². The van der Waals surface area contributed by atoms with Gasteiger partial charge in [0.25, 0.3) is 0 Å². The van der Waals surface area contributed by atoms with Crippen LogP contribution in [0, 0.1) is 5.92 Å². The second-order valence-corrected chi connectivity index (χ2v) is 7.52. The first-order valence-corrected chi connectivity index (χ1v) is 10.3. The van der Waals surface area contributed by atoms with E-state index in [-0.39, 0.29) is 23.9 Å². The van der Waals surface area contributed by atoms with Crippen molar-refractivity contribution in [3.8, 4) is 0 Å². The Morgan fingerprint density at radius 1 is 0.633 bits per heavy atom. The molecule has 2 amide bonds. The molecule has 3 aromatic rings. The molecule has 1 unspecified atom stereocenters. The Labute approximate surface area is 178 Å². The minimum atomic E-state index is -0.815. The minimum absolute atomic E-state index is 0.184. The van der Waals surface area contributed by atoms with Crippen molar-refractivity contribution < 1.29 is 9.59 Å². The molecule has 0 fully saturated rings. The molecule has 0 radical (unpaired) electrons. The fourth-order valence-electron chi connectivity index (χ4n) is 3.43. The van der Waals surface area contributed by atoms with Crippen LogP contribution in [-0.4, -0.2) is 11.8 Å². The third-order valence-electron chi connectivity index (χ3n) is 5.23. The van der Waals surface area contributed by atoms with Crippen molar-refractivity contribution in [1.29, 1.82) is 0 Å². The third-order valence-corrected chi connectivity index (χ3v) is 5.23. The Bertz CT molecular complexity index is 883. The van der Waals surface area contributed by atoms with Gasteiger partial charge in [0.05, 0.1) is 12.1 Å². The molecule has 0 aromatic heterocycles. The molecule has 0 saturated carbocycles. The van der Waals surface area contributed by atoms with Gasteiger partial charge in [-0.15, -0.1) is 0 Å². The highest BCUT2D eigenvalue weighted by molar-refractivity contribution is 6.00. The van der Waals surface area contributed by atoms with E-state index in [4.69, 9.17) is 0 Å². The summed E-state index contributed by atoms with van der Waals surface area (Å²) in [6.45, 7) is 3.86. The quantitative estimate of drug-likeness (QED) is 0.543. The normalized spacial score (nSPS) is 13.7. The molecule has 0 aliphatic heterocycles. The molecule has 0 aliphatic carbocycles. The van der Waals surface area contributed by atoms with Crippen molar-refractivity contribution in [3.05, 3.63) is 108 Å². The van der Waals surface area contributed by atoms with Crippen LogP contribution < -0.4 is 10.6 Å². The van der Waals surface area contributed by atoms with Gasteiger partial charge in [-0.2, -0.15) is 0 Å².